The normalized spacial score (nSPS) is 23.2. The first kappa shape index (κ1) is 32.5. The molecule has 3 aliphatic heterocycles. The summed E-state index contributed by atoms with van der Waals surface area (Å²) < 4.78 is 54.4. The van der Waals surface area contributed by atoms with Crippen LogP contribution >= 0.6 is 0 Å². The Bertz CT molecular complexity index is 2020. The molecule has 2 aromatic carbocycles. The number of fused-ring (bicyclic) bond motifs is 2. The predicted octanol–water partition coefficient (Wildman–Crippen LogP) is 6.53. The van der Waals surface area contributed by atoms with Crippen molar-refractivity contribution >= 4 is 33.5 Å². The molecule has 0 atom stereocenters. The number of aromatic nitrogens is 4. The fourth-order valence-electron chi connectivity index (χ4n) is 8.59. The van der Waals surface area contributed by atoms with Crippen LogP contribution in [0.5, 0.6) is 11.8 Å². The van der Waals surface area contributed by atoms with Crippen molar-refractivity contribution in [2.45, 2.75) is 76.1 Å². The molecule has 0 bridgehead atoms. The van der Waals surface area contributed by atoms with Gasteiger partial charge in [0, 0.05) is 66.8 Å². The number of aromatic amines is 1. The number of amides is 1. The van der Waals surface area contributed by atoms with E-state index >= 15 is 0 Å². The number of carbonyl (C=O) groups excluding carboxylic acids is 1. The molecule has 5 aliphatic rings. The molecule has 3 saturated heterocycles. The van der Waals surface area contributed by atoms with E-state index in [0.717, 1.165) is 79.2 Å². The summed E-state index contributed by atoms with van der Waals surface area (Å²) in [5.74, 6) is 0.889. The Morgan fingerprint density at radius 1 is 1.08 bits per heavy atom. The maximum Gasteiger partial charge on any atom is 0.422 e. The molecule has 1 amide bonds. The van der Waals surface area contributed by atoms with Crippen LogP contribution in [0.1, 0.15) is 62.0 Å². The molecule has 10 nitrogen and oxygen atoms in total. The van der Waals surface area contributed by atoms with Gasteiger partial charge in [-0.25, -0.2) is 0 Å². The summed E-state index contributed by atoms with van der Waals surface area (Å²) in [7, 11) is 0. The molecule has 9 rings (SSSR count). The van der Waals surface area contributed by atoms with Crippen molar-refractivity contribution in [1.82, 2.24) is 30.0 Å². The van der Waals surface area contributed by atoms with Gasteiger partial charge in [-0.05, 0) is 92.9 Å². The van der Waals surface area contributed by atoms with Gasteiger partial charge in [-0.1, -0.05) is 12.6 Å². The topological polar surface area (TPSA) is 99.7 Å². The van der Waals surface area contributed by atoms with E-state index < -0.39 is 12.8 Å². The number of H-pyrrole nitrogens is 1. The van der Waals surface area contributed by atoms with Crippen molar-refractivity contribution in [1.29, 1.82) is 0 Å². The predicted molar refractivity (Wildman–Crippen MR) is 187 cm³/mol. The van der Waals surface area contributed by atoms with Crippen molar-refractivity contribution in [3.05, 3.63) is 48.2 Å². The van der Waals surface area contributed by atoms with E-state index in [0.29, 0.717) is 54.5 Å². The molecule has 13 heteroatoms. The molecule has 1 spiro atoms. The number of carbonyl (C=O) groups is 1. The van der Waals surface area contributed by atoms with Gasteiger partial charge in [-0.3, -0.25) is 9.89 Å². The lowest BCUT2D eigenvalue weighted by atomic mass is 9.72. The van der Waals surface area contributed by atoms with Crippen LogP contribution in [0.2, 0.25) is 0 Å². The fraction of sp³-hybridized carbons (Fsp3) is 0.526. The van der Waals surface area contributed by atoms with Gasteiger partial charge in [0.1, 0.15) is 17.4 Å². The van der Waals surface area contributed by atoms with Gasteiger partial charge in [0.2, 0.25) is 5.91 Å². The van der Waals surface area contributed by atoms with E-state index in [1.807, 2.05) is 24.0 Å². The number of aryl methyl sites for hydroxylation is 1. The Labute approximate surface area is 294 Å². The summed E-state index contributed by atoms with van der Waals surface area (Å²) in [6.07, 6.45) is 5.01. The van der Waals surface area contributed by atoms with Gasteiger partial charge in [-0.15, -0.1) is 0 Å². The molecule has 0 unspecified atom stereocenters. The number of alkyl halides is 3. The van der Waals surface area contributed by atoms with E-state index in [1.165, 1.54) is 12.5 Å². The summed E-state index contributed by atoms with van der Waals surface area (Å²) >= 11 is 0. The Balaban J connectivity index is 1.17. The zero-order valence-electron chi connectivity index (χ0n) is 28.8. The van der Waals surface area contributed by atoms with Gasteiger partial charge < -0.3 is 24.2 Å². The number of ether oxygens (including phenoxy) is 2. The minimum absolute atomic E-state index is 0.0449. The van der Waals surface area contributed by atoms with Crippen LogP contribution in [0, 0.1) is 12.3 Å². The highest BCUT2D eigenvalue weighted by atomic mass is 19.4. The van der Waals surface area contributed by atoms with Crippen molar-refractivity contribution in [2.24, 2.45) is 5.41 Å². The molecule has 0 radical (unpaired) electrons. The summed E-state index contributed by atoms with van der Waals surface area (Å²) in [4.78, 5) is 28.7. The van der Waals surface area contributed by atoms with E-state index in [1.54, 1.807) is 6.20 Å². The van der Waals surface area contributed by atoms with Crippen LogP contribution < -0.4 is 14.4 Å². The van der Waals surface area contributed by atoms with E-state index in [4.69, 9.17) is 19.4 Å². The van der Waals surface area contributed by atoms with Crippen LogP contribution in [0.15, 0.2) is 37.1 Å². The molecule has 4 aromatic rings. The zero-order chi connectivity index (χ0) is 35.1. The number of nitrogens with one attached hydrogen (secondary N) is 1. The molecule has 51 heavy (non-hydrogen) atoms. The summed E-state index contributed by atoms with van der Waals surface area (Å²) in [5, 5.41) is 8.79. The number of hydrogen-bond acceptors (Lipinski definition) is 8. The minimum Gasteiger partial charge on any atom is -0.481 e. The average Bonchev–Trinajstić information content (AvgIpc) is 3.79. The van der Waals surface area contributed by atoms with Crippen molar-refractivity contribution < 1.29 is 27.4 Å². The SMILES string of the molecule is C=CC(=O)N1CC2(CCN(c3nc(O[C@H]4C[C@@H](N5CCC5)C4)nc4c(OCC(F)(F)F)c(-c5c(C)ccc6[nH]ncc56)c(C5CC5)cc34)CC2)C1. The van der Waals surface area contributed by atoms with Gasteiger partial charge in [-0.2, -0.15) is 28.2 Å². The maximum atomic E-state index is 14.0. The van der Waals surface area contributed by atoms with Crippen molar-refractivity contribution in [3.63, 3.8) is 0 Å². The van der Waals surface area contributed by atoms with Gasteiger partial charge >= 0.3 is 12.2 Å². The van der Waals surface area contributed by atoms with Crippen molar-refractivity contribution in [2.75, 3.05) is 50.8 Å². The second-order valence-corrected chi connectivity index (χ2v) is 15.3. The third-order valence-corrected chi connectivity index (χ3v) is 11.8. The first-order chi connectivity index (χ1) is 24.6. The summed E-state index contributed by atoms with van der Waals surface area (Å²) in [5.41, 5.74) is 4.44. The Morgan fingerprint density at radius 3 is 2.51 bits per heavy atom. The Kier molecular flexibility index (Phi) is 7.71. The molecule has 5 heterocycles. The third kappa shape index (κ3) is 5.87. The molecule has 2 aliphatic carbocycles. The molecular weight excluding hydrogens is 659 g/mol. The quantitative estimate of drug-likeness (QED) is 0.197. The lowest BCUT2D eigenvalue weighted by Crippen LogP contribution is -2.61. The molecular formula is C38H42F3N7O3. The highest BCUT2D eigenvalue weighted by Crippen LogP contribution is 2.53. The Morgan fingerprint density at radius 2 is 1.84 bits per heavy atom. The first-order valence-electron chi connectivity index (χ1n) is 18.2. The number of likely N-dealkylation sites (tertiary alicyclic amines) is 2. The average molecular weight is 702 g/mol. The molecule has 5 fully saturated rings. The van der Waals surface area contributed by atoms with E-state index in [2.05, 4.69) is 32.6 Å². The number of nitrogens with zero attached hydrogens (tertiary/aromatic N) is 6. The number of hydrogen-bond donors (Lipinski definition) is 1. The monoisotopic (exact) mass is 701 g/mol. The highest BCUT2D eigenvalue weighted by molar-refractivity contribution is 6.06. The molecule has 2 saturated carbocycles. The van der Waals surface area contributed by atoms with Gasteiger partial charge in [0.05, 0.1) is 11.7 Å². The van der Waals surface area contributed by atoms with Crippen LogP contribution in [-0.4, -0.2) is 100 Å². The molecule has 268 valence electrons. The van der Waals surface area contributed by atoms with Gasteiger partial charge in [0.15, 0.2) is 12.4 Å². The number of halogens is 3. The van der Waals surface area contributed by atoms with Crippen LogP contribution in [0.25, 0.3) is 32.9 Å². The zero-order valence-corrected chi connectivity index (χ0v) is 28.8. The lowest BCUT2D eigenvalue weighted by Gasteiger charge is -2.54. The van der Waals surface area contributed by atoms with Crippen LogP contribution in [0.4, 0.5) is 19.0 Å². The van der Waals surface area contributed by atoms with E-state index in [9.17, 15) is 18.0 Å². The maximum absolute atomic E-state index is 14.0. The smallest absolute Gasteiger partial charge is 0.422 e. The summed E-state index contributed by atoms with van der Waals surface area (Å²) in [6.45, 7) is 9.15. The van der Waals surface area contributed by atoms with Crippen LogP contribution in [-0.2, 0) is 4.79 Å². The standard InChI is InChI=1S/C38H42F3N7O3/c1-3-30(49)48-19-37(20-48)9-13-47(14-10-37)35-27-17-26(23-6-7-23)32(31-22(2)5-8-29-28(31)18-42-45-29)34(50-21-38(39,40)41)33(27)43-36(44-35)51-25-15-24(16-25)46-11-4-12-46/h3,5,8,17-18,23-25H,1,4,6-7,9-16,19-21H2,2H3,(H,42,45)/t24-,25+. The second kappa shape index (κ2) is 12.1. The molecule has 1 N–H and O–H groups in total. The number of piperidine rings is 1. The highest BCUT2D eigenvalue weighted by Gasteiger charge is 2.47. The van der Waals surface area contributed by atoms with Crippen LogP contribution in [0.3, 0.4) is 0 Å². The number of benzene rings is 2. The Hall–Kier alpha value is -4.39. The molecule has 2 aromatic heterocycles. The van der Waals surface area contributed by atoms with E-state index in [-0.39, 0.29) is 35.1 Å². The van der Waals surface area contributed by atoms with Crippen molar-refractivity contribution in [3.8, 4) is 22.9 Å². The number of rotatable bonds is 9. The fourth-order valence-corrected chi connectivity index (χ4v) is 8.59. The summed E-state index contributed by atoms with van der Waals surface area (Å²) in [6, 6.07) is 6.64. The number of anilines is 1. The minimum atomic E-state index is -4.56. The van der Waals surface area contributed by atoms with Gasteiger partial charge in [0.25, 0.3) is 0 Å². The third-order valence-electron chi connectivity index (χ3n) is 11.8. The first-order valence-corrected chi connectivity index (χ1v) is 18.2. The lowest BCUT2D eigenvalue weighted by molar-refractivity contribution is -0.153. The second-order valence-electron chi connectivity index (χ2n) is 15.3. The largest absolute Gasteiger partial charge is 0.481 e.